The fourth-order valence-electron chi connectivity index (χ4n) is 7.49. The van der Waals surface area contributed by atoms with Crippen molar-refractivity contribution in [2.45, 2.75) is 57.0 Å². The van der Waals surface area contributed by atoms with E-state index in [9.17, 15) is 19.3 Å². The molecule has 37 heavy (non-hydrogen) atoms. The molecule has 2 atom stereocenters. The molecule has 9 nitrogen and oxygen atoms in total. The largest absolute Gasteiger partial charge is 0.404 e. The molecular weight excluding hydrogens is 567 g/mol. The lowest BCUT2D eigenvalue weighted by molar-refractivity contribution is -0.390. The first kappa shape index (κ1) is 24.5. The van der Waals surface area contributed by atoms with Gasteiger partial charge in [-0.2, -0.15) is 9.78 Å². The van der Waals surface area contributed by atoms with Gasteiger partial charge >= 0.3 is 5.82 Å². The lowest BCUT2D eigenvalue weighted by Gasteiger charge is -2.61. The molecule has 4 saturated carbocycles. The Morgan fingerprint density at radius 1 is 1.27 bits per heavy atom. The van der Waals surface area contributed by atoms with Crippen LogP contribution in [0, 0.1) is 33.2 Å². The summed E-state index contributed by atoms with van der Waals surface area (Å²) in [6.07, 6.45) is 11.1. The minimum Gasteiger partial charge on any atom is -0.358 e. The van der Waals surface area contributed by atoms with Crippen molar-refractivity contribution in [2.24, 2.45) is 17.3 Å². The third-order valence-electron chi connectivity index (χ3n) is 8.30. The summed E-state index contributed by atoms with van der Waals surface area (Å²) >= 11 is 9.42. The van der Waals surface area contributed by atoms with E-state index in [1.165, 1.54) is 6.07 Å². The van der Waals surface area contributed by atoms with Crippen molar-refractivity contribution < 1.29 is 14.1 Å². The molecule has 4 aliphatic carbocycles. The number of nitro groups is 1. The van der Waals surface area contributed by atoms with E-state index in [0.29, 0.717) is 39.0 Å². The van der Waals surface area contributed by atoms with Gasteiger partial charge in [0.25, 0.3) is 0 Å². The van der Waals surface area contributed by atoms with Crippen LogP contribution in [0.4, 0.5) is 15.9 Å². The Morgan fingerprint density at radius 3 is 2.70 bits per heavy atom. The molecule has 1 aromatic carbocycles. The molecule has 194 valence electrons. The predicted molar refractivity (Wildman–Crippen MR) is 138 cm³/mol. The maximum atomic E-state index is 14.1. The van der Waals surface area contributed by atoms with Crippen LogP contribution in [0.3, 0.4) is 0 Å². The van der Waals surface area contributed by atoms with Gasteiger partial charge in [0.1, 0.15) is 10.3 Å². The number of aromatic nitrogens is 4. The molecule has 2 aromatic heterocycles. The molecule has 4 bridgehead atoms. The minimum absolute atomic E-state index is 0.0896. The van der Waals surface area contributed by atoms with Gasteiger partial charge in [0.15, 0.2) is 0 Å². The SMILES string of the molecule is O=C(CC12CC3CC(C1)CC(n1cc(Br)c([N+](=O)[O-])n1)(C3)C2)Nc1cnn(Cc2c(F)cccc2Cl)c1. The summed E-state index contributed by atoms with van der Waals surface area (Å²) in [4.78, 5) is 24.1. The van der Waals surface area contributed by atoms with Gasteiger partial charge in [-0.3, -0.25) is 9.48 Å². The molecule has 0 spiro atoms. The van der Waals surface area contributed by atoms with Gasteiger partial charge in [0, 0.05) is 23.2 Å². The fraction of sp³-hybridized carbons (Fsp3) is 0.480. The summed E-state index contributed by atoms with van der Waals surface area (Å²) in [6.45, 7) is 0.156. The van der Waals surface area contributed by atoms with Crippen molar-refractivity contribution in [1.29, 1.82) is 0 Å². The highest BCUT2D eigenvalue weighted by Crippen LogP contribution is 2.65. The summed E-state index contributed by atoms with van der Waals surface area (Å²) in [7, 11) is 0. The Kier molecular flexibility index (Phi) is 5.91. The van der Waals surface area contributed by atoms with Crippen LogP contribution in [0.1, 0.15) is 50.5 Å². The number of nitrogens with zero attached hydrogens (tertiary/aromatic N) is 5. The van der Waals surface area contributed by atoms with E-state index < -0.39 is 10.7 Å². The van der Waals surface area contributed by atoms with Crippen molar-refractivity contribution >= 4 is 44.9 Å². The van der Waals surface area contributed by atoms with Crippen LogP contribution in [0.25, 0.3) is 0 Å². The van der Waals surface area contributed by atoms with Gasteiger partial charge < -0.3 is 15.4 Å². The Bertz CT molecular complexity index is 1370. The molecule has 0 saturated heterocycles. The van der Waals surface area contributed by atoms with Crippen molar-refractivity contribution in [3.05, 3.63) is 67.8 Å². The standard InChI is InChI=1S/C25H25BrClFN6O3/c26-19-13-33(31-23(19)34(36)37)25-7-15-4-16(8-25)6-24(5-15,14-25)9-22(35)30-17-10-29-32(11-17)12-18-20(27)2-1-3-21(18)28/h1-3,10-11,13,15-16H,4-9,12,14H2,(H,30,35). The normalized spacial score (nSPS) is 28.0. The number of nitrogens with one attached hydrogen (secondary N) is 1. The molecule has 3 aromatic rings. The van der Waals surface area contributed by atoms with Crippen LogP contribution in [0.15, 0.2) is 41.3 Å². The lowest BCUT2D eigenvalue weighted by atomic mass is 9.46. The van der Waals surface area contributed by atoms with Gasteiger partial charge in [-0.15, -0.1) is 0 Å². The van der Waals surface area contributed by atoms with E-state index in [1.54, 1.807) is 40.1 Å². The van der Waals surface area contributed by atoms with Crippen molar-refractivity contribution in [3.8, 4) is 0 Å². The highest BCUT2D eigenvalue weighted by Gasteiger charge is 2.60. The van der Waals surface area contributed by atoms with Crippen LogP contribution < -0.4 is 5.32 Å². The molecule has 0 radical (unpaired) electrons. The highest BCUT2D eigenvalue weighted by molar-refractivity contribution is 9.10. The topological polar surface area (TPSA) is 108 Å². The van der Waals surface area contributed by atoms with E-state index >= 15 is 0 Å². The molecule has 1 N–H and O–H groups in total. The number of hydrogen-bond donors (Lipinski definition) is 1. The highest BCUT2D eigenvalue weighted by atomic mass is 79.9. The molecule has 4 aliphatic rings. The molecular formula is C25H25BrClFN6O3. The van der Waals surface area contributed by atoms with Gasteiger partial charge in [0.05, 0.1) is 35.3 Å². The Labute approximate surface area is 225 Å². The Morgan fingerprint density at radius 2 is 2.03 bits per heavy atom. The Balaban J connectivity index is 1.17. The van der Waals surface area contributed by atoms with Crippen molar-refractivity contribution in [1.82, 2.24) is 19.6 Å². The summed E-state index contributed by atoms with van der Waals surface area (Å²) in [5.41, 5.74) is 0.418. The van der Waals surface area contributed by atoms with Gasteiger partial charge in [-0.1, -0.05) is 17.7 Å². The van der Waals surface area contributed by atoms with Crippen molar-refractivity contribution in [2.75, 3.05) is 5.32 Å². The van der Waals surface area contributed by atoms with E-state index in [2.05, 4.69) is 31.4 Å². The summed E-state index contributed by atoms with van der Waals surface area (Å²) in [5, 5.41) is 23.3. The maximum Gasteiger partial charge on any atom is 0.404 e. The number of carbonyl (C=O) groups excluding carboxylic acids is 1. The maximum absolute atomic E-state index is 14.1. The van der Waals surface area contributed by atoms with Crippen LogP contribution in [-0.4, -0.2) is 30.4 Å². The zero-order valence-corrected chi connectivity index (χ0v) is 22.2. The third kappa shape index (κ3) is 4.46. The lowest BCUT2D eigenvalue weighted by Crippen LogP contribution is -2.57. The monoisotopic (exact) mass is 590 g/mol. The number of halogens is 3. The Hall–Kier alpha value is -2.79. The molecule has 7 rings (SSSR count). The second-order valence-corrected chi connectivity index (χ2v) is 12.3. The molecule has 12 heteroatoms. The van der Waals surface area contributed by atoms with Crippen LogP contribution >= 0.6 is 27.5 Å². The average molecular weight is 592 g/mol. The molecule has 0 aliphatic heterocycles. The second kappa shape index (κ2) is 8.90. The quantitative estimate of drug-likeness (QED) is 0.271. The number of amides is 1. The van der Waals surface area contributed by atoms with Crippen LogP contribution in [0.2, 0.25) is 5.02 Å². The van der Waals surface area contributed by atoms with Crippen LogP contribution in [-0.2, 0) is 16.9 Å². The van der Waals surface area contributed by atoms with Gasteiger partial charge in [-0.05, 0) is 88.8 Å². The molecule has 1 amide bonds. The summed E-state index contributed by atoms with van der Waals surface area (Å²) < 4.78 is 17.9. The third-order valence-corrected chi connectivity index (χ3v) is 9.21. The van der Waals surface area contributed by atoms with Gasteiger partial charge in [0.2, 0.25) is 5.91 Å². The molecule has 2 unspecified atom stereocenters. The van der Waals surface area contributed by atoms with Crippen LogP contribution in [0.5, 0.6) is 0 Å². The zero-order chi connectivity index (χ0) is 25.9. The number of anilines is 1. The first-order valence-electron chi connectivity index (χ1n) is 12.3. The molecule has 4 fully saturated rings. The summed E-state index contributed by atoms with van der Waals surface area (Å²) in [6, 6.07) is 4.53. The number of rotatable bonds is 7. The van der Waals surface area contributed by atoms with Crippen molar-refractivity contribution in [3.63, 3.8) is 0 Å². The number of benzene rings is 1. The minimum atomic E-state index is -0.468. The predicted octanol–water partition coefficient (Wildman–Crippen LogP) is 5.92. The first-order valence-corrected chi connectivity index (χ1v) is 13.5. The zero-order valence-electron chi connectivity index (χ0n) is 19.9. The van der Waals surface area contributed by atoms with E-state index in [0.717, 1.165) is 38.5 Å². The number of carbonyl (C=O) groups is 1. The second-order valence-electron chi connectivity index (χ2n) is 11.0. The average Bonchev–Trinajstić information content (AvgIpc) is 3.41. The first-order chi connectivity index (χ1) is 17.6. The fourth-order valence-corrected chi connectivity index (χ4v) is 8.13. The smallest absolute Gasteiger partial charge is 0.358 e. The molecule has 2 heterocycles. The number of hydrogen-bond acceptors (Lipinski definition) is 5. The summed E-state index contributed by atoms with van der Waals surface area (Å²) in [5.74, 6) is 0.289. The van der Waals surface area contributed by atoms with E-state index in [-0.39, 0.29) is 29.2 Å². The van der Waals surface area contributed by atoms with E-state index in [4.69, 9.17) is 11.6 Å². The van der Waals surface area contributed by atoms with E-state index in [1.807, 2.05) is 0 Å². The van der Waals surface area contributed by atoms with Gasteiger partial charge in [-0.25, -0.2) is 4.39 Å².